The molecule has 1 aliphatic heterocycles. The van der Waals surface area contributed by atoms with E-state index in [-0.39, 0.29) is 0 Å². The van der Waals surface area contributed by atoms with Crippen molar-refractivity contribution >= 4 is 10.9 Å². The molecule has 0 bridgehead atoms. The van der Waals surface area contributed by atoms with E-state index in [1.54, 1.807) is 0 Å². The Kier molecular flexibility index (Phi) is 5.70. The average Bonchev–Trinajstić information content (AvgIpc) is 2.92. The highest BCUT2D eigenvalue weighted by atomic mass is 16.5. The van der Waals surface area contributed by atoms with Crippen LogP contribution >= 0.6 is 0 Å². The van der Waals surface area contributed by atoms with Gasteiger partial charge in [-0.1, -0.05) is 18.2 Å². The van der Waals surface area contributed by atoms with Gasteiger partial charge in [-0.05, 0) is 45.1 Å². The van der Waals surface area contributed by atoms with Gasteiger partial charge in [0.25, 0.3) is 0 Å². The molecule has 0 aliphatic carbocycles. The lowest BCUT2D eigenvalue weighted by Crippen LogP contribution is -2.38. The third-order valence-corrected chi connectivity index (χ3v) is 4.68. The van der Waals surface area contributed by atoms with Gasteiger partial charge in [0, 0.05) is 43.3 Å². The fourth-order valence-electron chi connectivity index (χ4n) is 3.37. The summed E-state index contributed by atoms with van der Waals surface area (Å²) in [5.74, 6) is 0. The lowest BCUT2D eigenvalue weighted by molar-refractivity contribution is 0.0365. The number of hydrogen-bond donors (Lipinski definition) is 0. The Balaban J connectivity index is 1.69. The largest absolute Gasteiger partial charge is 0.379 e. The minimum Gasteiger partial charge on any atom is -0.379 e. The summed E-state index contributed by atoms with van der Waals surface area (Å²) in [5, 5.41) is 1.42. The van der Waals surface area contributed by atoms with Gasteiger partial charge in [0.2, 0.25) is 0 Å². The van der Waals surface area contributed by atoms with Crippen molar-refractivity contribution in [2.24, 2.45) is 0 Å². The van der Waals surface area contributed by atoms with E-state index in [0.717, 1.165) is 52.4 Å². The van der Waals surface area contributed by atoms with Crippen molar-refractivity contribution in [3.05, 3.63) is 36.0 Å². The first-order valence-electron chi connectivity index (χ1n) is 8.75. The zero-order valence-electron chi connectivity index (χ0n) is 14.5. The van der Waals surface area contributed by atoms with Crippen LogP contribution in [0.2, 0.25) is 0 Å². The van der Waals surface area contributed by atoms with Crippen LogP contribution in [-0.2, 0) is 17.7 Å². The van der Waals surface area contributed by atoms with Crippen LogP contribution in [0.15, 0.2) is 30.5 Å². The molecule has 23 heavy (non-hydrogen) atoms. The highest BCUT2D eigenvalue weighted by molar-refractivity contribution is 5.84. The van der Waals surface area contributed by atoms with Crippen LogP contribution in [-0.4, -0.2) is 67.9 Å². The molecule has 1 saturated heterocycles. The molecule has 1 aromatic carbocycles. The van der Waals surface area contributed by atoms with Crippen LogP contribution in [0.4, 0.5) is 0 Å². The number of fused-ring (bicyclic) bond motifs is 1. The minimum atomic E-state index is 0.877. The normalized spacial score (nSPS) is 16.5. The number of hydrogen-bond acceptors (Lipinski definition) is 3. The molecule has 0 spiro atoms. The third-order valence-electron chi connectivity index (χ3n) is 4.68. The molecule has 0 N–H and O–H groups in total. The lowest BCUT2D eigenvalue weighted by Gasteiger charge is -2.26. The highest BCUT2D eigenvalue weighted by Gasteiger charge is 2.12. The molecule has 2 heterocycles. The molecule has 0 unspecified atom stereocenters. The Morgan fingerprint density at radius 2 is 1.87 bits per heavy atom. The maximum Gasteiger partial charge on any atom is 0.0594 e. The zero-order chi connectivity index (χ0) is 16.1. The van der Waals surface area contributed by atoms with Gasteiger partial charge < -0.3 is 14.2 Å². The summed E-state index contributed by atoms with van der Waals surface area (Å²) < 4.78 is 7.88. The molecule has 1 aliphatic rings. The molecule has 4 nitrogen and oxygen atoms in total. The van der Waals surface area contributed by atoms with Crippen molar-refractivity contribution in [1.29, 1.82) is 0 Å². The first kappa shape index (κ1) is 16.5. The van der Waals surface area contributed by atoms with Gasteiger partial charge in [0.05, 0.1) is 13.2 Å². The fraction of sp³-hybridized carbons (Fsp3) is 0.579. The van der Waals surface area contributed by atoms with Crippen molar-refractivity contribution in [2.75, 3.05) is 53.5 Å². The molecule has 0 atom stereocenters. The number of rotatable bonds is 7. The molecule has 1 aromatic heterocycles. The van der Waals surface area contributed by atoms with E-state index in [0.29, 0.717) is 0 Å². The second kappa shape index (κ2) is 7.95. The maximum absolute atomic E-state index is 5.44. The molecule has 2 aromatic rings. The van der Waals surface area contributed by atoms with E-state index in [1.807, 2.05) is 0 Å². The number of ether oxygens (including phenoxy) is 1. The molecule has 4 heteroatoms. The van der Waals surface area contributed by atoms with Gasteiger partial charge in [-0.15, -0.1) is 0 Å². The summed E-state index contributed by atoms with van der Waals surface area (Å²) in [7, 11) is 4.29. The fourth-order valence-corrected chi connectivity index (χ4v) is 3.37. The van der Waals surface area contributed by atoms with Crippen molar-refractivity contribution < 1.29 is 4.74 Å². The quantitative estimate of drug-likeness (QED) is 0.783. The summed E-state index contributed by atoms with van der Waals surface area (Å²) in [4.78, 5) is 4.77. The SMILES string of the molecule is CN(C)CCCc1cn(CCN2CCOCC2)c2ccccc12. The standard InChI is InChI=1S/C19H29N3O/c1-20(2)9-5-6-17-16-22(19-8-4-3-7-18(17)19)11-10-21-12-14-23-15-13-21/h3-4,7-8,16H,5-6,9-15H2,1-2H3. The molecular formula is C19H29N3O. The number of nitrogens with zero attached hydrogens (tertiary/aromatic N) is 3. The molecule has 1 fully saturated rings. The monoisotopic (exact) mass is 315 g/mol. The summed E-state index contributed by atoms with van der Waals surface area (Å²) >= 11 is 0. The molecule has 0 radical (unpaired) electrons. The van der Waals surface area contributed by atoms with Crippen LogP contribution in [0.1, 0.15) is 12.0 Å². The maximum atomic E-state index is 5.44. The van der Waals surface area contributed by atoms with E-state index in [4.69, 9.17) is 4.74 Å². The average molecular weight is 315 g/mol. The van der Waals surface area contributed by atoms with E-state index in [9.17, 15) is 0 Å². The molecule has 3 rings (SSSR count). The number of para-hydroxylation sites is 1. The van der Waals surface area contributed by atoms with E-state index >= 15 is 0 Å². The van der Waals surface area contributed by atoms with Gasteiger partial charge in [-0.3, -0.25) is 4.90 Å². The third kappa shape index (κ3) is 4.34. The van der Waals surface area contributed by atoms with E-state index < -0.39 is 0 Å². The van der Waals surface area contributed by atoms with Gasteiger partial charge in [-0.2, -0.15) is 0 Å². The Morgan fingerprint density at radius 1 is 1.09 bits per heavy atom. The Morgan fingerprint density at radius 3 is 2.65 bits per heavy atom. The summed E-state index contributed by atoms with van der Waals surface area (Å²) in [5.41, 5.74) is 2.87. The minimum absolute atomic E-state index is 0.877. The zero-order valence-corrected chi connectivity index (χ0v) is 14.5. The van der Waals surface area contributed by atoms with Crippen LogP contribution in [0.25, 0.3) is 10.9 Å². The van der Waals surface area contributed by atoms with Crippen LogP contribution in [0, 0.1) is 0 Å². The Bertz CT molecular complexity index is 614. The lowest BCUT2D eigenvalue weighted by atomic mass is 10.1. The van der Waals surface area contributed by atoms with Crippen LogP contribution in [0.5, 0.6) is 0 Å². The second-order valence-corrected chi connectivity index (χ2v) is 6.73. The number of benzene rings is 1. The first-order chi connectivity index (χ1) is 11.2. The van der Waals surface area contributed by atoms with Crippen molar-refractivity contribution in [2.45, 2.75) is 19.4 Å². The molecule has 0 saturated carbocycles. The van der Waals surface area contributed by atoms with E-state index in [2.05, 4.69) is 58.9 Å². The summed E-state index contributed by atoms with van der Waals surface area (Å²) in [6, 6.07) is 8.83. The van der Waals surface area contributed by atoms with Gasteiger partial charge in [0.15, 0.2) is 0 Å². The predicted molar refractivity (Wildman–Crippen MR) is 96.1 cm³/mol. The Hall–Kier alpha value is -1.36. The van der Waals surface area contributed by atoms with Gasteiger partial charge in [0.1, 0.15) is 0 Å². The number of aryl methyl sites for hydroxylation is 1. The van der Waals surface area contributed by atoms with Crippen LogP contribution in [0.3, 0.4) is 0 Å². The van der Waals surface area contributed by atoms with Gasteiger partial charge in [-0.25, -0.2) is 0 Å². The molecule has 126 valence electrons. The van der Waals surface area contributed by atoms with E-state index in [1.165, 1.54) is 22.9 Å². The number of morpholine rings is 1. The predicted octanol–water partition coefficient (Wildman–Crippen LogP) is 2.47. The van der Waals surface area contributed by atoms with Crippen molar-refractivity contribution in [3.63, 3.8) is 0 Å². The van der Waals surface area contributed by atoms with Crippen molar-refractivity contribution in [3.8, 4) is 0 Å². The van der Waals surface area contributed by atoms with Gasteiger partial charge >= 0.3 is 0 Å². The topological polar surface area (TPSA) is 20.6 Å². The second-order valence-electron chi connectivity index (χ2n) is 6.73. The molecular weight excluding hydrogens is 286 g/mol. The number of aromatic nitrogens is 1. The summed E-state index contributed by atoms with van der Waals surface area (Å²) in [6.07, 6.45) is 4.74. The smallest absolute Gasteiger partial charge is 0.0594 e. The van der Waals surface area contributed by atoms with Crippen molar-refractivity contribution in [1.82, 2.24) is 14.4 Å². The van der Waals surface area contributed by atoms with Crippen LogP contribution < -0.4 is 0 Å². The Labute approximate surface area is 139 Å². The highest BCUT2D eigenvalue weighted by Crippen LogP contribution is 2.22. The first-order valence-corrected chi connectivity index (χ1v) is 8.75. The summed E-state index contributed by atoms with van der Waals surface area (Å²) in [6.45, 7) is 7.20. The molecule has 0 amide bonds.